The topological polar surface area (TPSA) is 88.6 Å². The van der Waals surface area contributed by atoms with E-state index in [2.05, 4.69) is 16.0 Å². The molecule has 0 radical (unpaired) electrons. The van der Waals surface area contributed by atoms with Crippen molar-refractivity contribution in [3.05, 3.63) is 82.6 Å². The summed E-state index contributed by atoms with van der Waals surface area (Å²) >= 11 is 0. The zero-order valence-corrected chi connectivity index (χ0v) is 20.5. The number of rotatable bonds is 1. The minimum atomic E-state index is -0.554. The number of nitrogens with one attached hydrogen (secondary N) is 3. The molecule has 178 valence electrons. The van der Waals surface area contributed by atoms with Crippen LogP contribution in [-0.2, 0) is 4.79 Å². The molecule has 4 aromatic rings. The third-order valence-corrected chi connectivity index (χ3v) is 7.23. The van der Waals surface area contributed by atoms with Gasteiger partial charge in [-0.2, -0.15) is 0 Å². The van der Waals surface area contributed by atoms with Crippen LogP contribution in [0.4, 0.5) is 17.1 Å². The molecule has 0 atom stereocenters. The number of hydrogen-bond acceptors (Lipinski definition) is 6. The molecule has 0 saturated carbocycles. The second-order valence-corrected chi connectivity index (χ2v) is 10.8. The molecule has 3 aliphatic rings. The summed E-state index contributed by atoms with van der Waals surface area (Å²) in [5, 5.41) is 29.5. The molecule has 2 aliphatic heterocycles. The molecule has 1 aliphatic carbocycles. The number of benzene rings is 4. The maximum Gasteiger partial charge on any atom is 0.193 e. The maximum atomic E-state index is 13.7. The summed E-state index contributed by atoms with van der Waals surface area (Å²) < 4.78 is 0. The molecule has 2 heterocycles. The highest BCUT2D eigenvalue weighted by Crippen LogP contribution is 2.45. The fourth-order valence-electron chi connectivity index (χ4n) is 5.80. The molecule has 6 heteroatoms. The fourth-order valence-corrected chi connectivity index (χ4v) is 5.80. The second kappa shape index (κ2) is 6.66. The smallest absolute Gasteiger partial charge is 0.193 e. The number of carbonyl (C=O) groups excluding carboxylic acids is 1. The Kier molecular flexibility index (Phi) is 3.89. The monoisotopic (exact) mass is 473 g/mol. The quantitative estimate of drug-likeness (QED) is 0.391. The molecule has 0 fully saturated rings. The van der Waals surface area contributed by atoms with E-state index in [4.69, 9.17) is 4.99 Å². The van der Waals surface area contributed by atoms with Crippen molar-refractivity contribution in [3.8, 4) is 0 Å². The Morgan fingerprint density at radius 2 is 1.42 bits per heavy atom. The summed E-state index contributed by atoms with van der Waals surface area (Å²) in [7, 11) is 0. The molecular formula is C30H25N4O2-. The third kappa shape index (κ3) is 2.78. The number of carbonyl (C=O) groups is 1. The molecule has 7 rings (SSSR count). The van der Waals surface area contributed by atoms with Gasteiger partial charge in [-0.15, -0.1) is 0 Å². The van der Waals surface area contributed by atoms with Crippen molar-refractivity contribution in [2.24, 2.45) is 4.99 Å². The third-order valence-electron chi connectivity index (χ3n) is 7.23. The number of ketones is 1. The Hall–Kier alpha value is -4.32. The zero-order valence-electron chi connectivity index (χ0n) is 20.5. The minimum absolute atomic E-state index is 0.215. The molecule has 0 amide bonds. The van der Waals surface area contributed by atoms with Crippen LogP contribution >= 0.6 is 0 Å². The van der Waals surface area contributed by atoms with Crippen LogP contribution in [0, 0.1) is 0 Å². The van der Waals surface area contributed by atoms with E-state index in [1.165, 1.54) is 0 Å². The van der Waals surface area contributed by atoms with Gasteiger partial charge in [-0.25, -0.2) is 0 Å². The molecule has 3 N–H and O–H groups in total. The lowest BCUT2D eigenvalue weighted by atomic mass is 9.80. The molecule has 0 saturated heterocycles. The number of allylic oxidation sites excluding steroid dienone is 2. The maximum absolute atomic E-state index is 13.7. The van der Waals surface area contributed by atoms with Crippen LogP contribution < -0.4 is 31.6 Å². The van der Waals surface area contributed by atoms with Crippen molar-refractivity contribution in [1.82, 2.24) is 0 Å². The van der Waals surface area contributed by atoms with Gasteiger partial charge in [-0.05, 0) is 50.6 Å². The molecule has 0 unspecified atom stereocenters. The van der Waals surface area contributed by atoms with Crippen LogP contribution in [-0.4, -0.2) is 17.1 Å². The standard InChI is InChI=1S/C30H26N4O2/c1-29(2)31-19-9-5-7-15-11-13-17(25(33-29)21(15)19)23-27(35)24(28(23)36)18-14-12-16-8-6-10-20-22(16)26(18)34-30(3,4)32-20/h5-14,31-33,35H,1-4H3/p-1/b24-18-. The van der Waals surface area contributed by atoms with Gasteiger partial charge < -0.3 is 21.1 Å². The molecule has 0 aromatic heterocycles. The Balaban J connectivity index is 1.52. The fraction of sp³-hybridized carbons (Fsp3) is 0.200. The van der Waals surface area contributed by atoms with Crippen molar-refractivity contribution in [3.63, 3.8) is 0 Å². The predicted molar refractivity (Wildman–Crippen MR) is 143 cm³/mol. The van der Waals surface area contributed by atoms with E-state index in [1.807, 2.05) is 88.4 Å². The average molecular weight is 474 g/mol. The summed E-state index contributed by atoms with van der Waals surface area (Å²) in [4.78, 5) is 18.6. The van der Waals surface area contributed by atoms with Crippen LogP contribution in [0.25, 0.3) is 32.7 Å². The van der Waals surface area contributed by atoms with Crippen LogP contribution in [0.1, 0.15) is 33.3 Å². The van der Waals surface area contributed by atoms with Gasteiger partial charge in [0.1, 0.15) is 11.3 Å². The van der Waals surface area contributed by atoms with E-state index in [-0.39, 0.29) is 22.7 Å². The van der Waals surface area contributed by atoms with Gasteiger partial charge in [0.05, 0.1) is 11.0 Å². The van der Waals surface area contributed by atoms with E-state index >= 15 is 0 Å². The Bertz CT molecular complexity index is 1850. The Morgan fingerprint density at radius 3 is 2.14 bits per heavy atom. The van der Waals surface area contributed by atoms with Crippen molar-refractivity contribution in [2.75, 3.05) is 16.0 Å². The second-order valence-electron chi connectivity index (χ2n) is 10.8. The lowest BCUT2D eigenvalue weighted by Gasteiger charge is -2.39. The van der Waals surface area contributed by atoms with Gasteiger partial charge in [-0.3, -0.25) is 9.79 Å². The first-order valence-corrected chi connectivity index (χ1v) is 12.2. The van der Waals surface area contributed by atoms with Gasteiger partial charge in [-0.1, -0.05) is 54.3 Å². The highest BCUT2D eigenvalue weighted by molar-refractivity contribution is 6.52. The van der Waals surface area contributed by atoms with Crippen molar-refractivity contribution >= 4 is 55.5 Å². The van der Waals surface area contributed by atoms with Crippen molar-refractivity contribution < 1.29 is 9.90 Å². The van der Waals surface area contributed by atoms with Gasteiger partial charge in [0, 0.05) is 44.1 Å². The van der Waals surface area contributed by atoms with Crippen LogP contribution in [0.5, 0.6) is 0 Å². The molecule has 36 heavy (non-hydrogen) atoms. The number of nitrogens with zero attached hydrogens (tertiary/aromatic N) is 1. The number of Topliss-reactive ketones (excluding diaryl/α,β-unsaturated/α-hetero) is 1. The first-order valence-electron chi connectivity index (χ1n) is 12.2. The summed E-state index contributed by atoms with van der Waals surface area (Å²) in [5.74, 6) is -0.461. The van der Waals surface area contributed by atoms with E-state index in [9.17, 15) is 9.90 Å². The van der Waals surface area contributed by atoms with Gasteiger partial charge in [0.25, 0.3) is 0 Å². The molecular weight excluding hydrogens is 448 g/mol. The van der Waals surface area contributed by atoms with Crippen molar-refractivity contribution in [1.29, 1.82) is 0 Å². The van der Waals surface area contributed by atoms with Gasteiger partial charge in [0.15, 0.2) is 5.78 Å². The Morgan fingerprint density at radius 1 is 0.750 bits per heavy atom. The van der Waals surface area contributed by atoms with Crippen LogP contribution in [0.3, 0.4) is 0 Å². The van der Waals surface area contributed by atoms with E-state index in [0.29, 0.717) is 16.1 Å². The first kappa shape index (κ1) is 21.0. The van der Waals surface area contributed by atoms with Gasteiger partial charge in [0.2, 0.25) is 0 Å². The summed E-state index contributed by atoms with van der Waals surface area (Å²) in [6, 6.07) is 19.8. The molecule has 0 bridgehead atoms. The van der Waals surface area contributed by atoms with Gasteiger partial charge >= 0.3 is 0 Å². The summed E-state index contributed by atoms with van der Waals surface area (Å²) in [6.07, 6.45) is 0. The first-order chi connectivity index (χ1) is 17.1. The number of hydrogen-bond donors (Lipinski definition) is 3. The normalized spacial score (nSPS) is 20.3. The van der Waals surface area contributed by atoms with E-state index in [1.54, 1.807) is 0 Å². The SMILES string of the molecule is CC1(C)N=c2/c(=C3\C(=O)C(c4ccc5cccc6c5c4NC(C)(C)N6)=C3[O-])ccc3cccc(c23)N1. The molecule has 6 nitrogen and oxygen atoms in total. The molecule has 0 spiro atoms. The largest absolute Gasteiger partial charge is 0.871 e. The van der Waals surface area contributed by atoms with E-state index in [0.717, 1.165) is 38.6 Å². The zero-order chi connectivity index (χ0) is 25.0. The predicted octanol–water partition coefficient (Wildman–Crippen LogP) is 3.85. The Labute approximate surface area is 208 Å². The highest BCUT2D eigenvalue weighted by Gasteiger charge is 2.35. The molecule has 4 aromatic carbocycles. The van der Waals surface area contributed by atoms with Crippen LogP contribution in [0.15, 0.2) is 71.4 Å². The lowest BCUT2D eigenvalue weighted by molar-refractivity contribution is -0.292. The lowest BCUT2D eigenvalue weighted by Crippen LogP contribution is -2.45. The highest BCUT2D eigenvalue weighted by atomic mass is 16.3. The average Bonchev–Trinajstić information content (AvgIpc) is 2.81. The van der Waals surface area contributed by atoms with E-state index < -0.39 is 11.3 Å². The minimum Gasteiger partial charge on any atom is -0.871 e. The van der Waals surface area contributed by atoms with Crippen LogP contribution in [0.2, 0.25) is 0 Å². The number of anilines is 3. The summed E-state index contributed by atoms with van der Waals surface area (Å²) in [6.45, 7) is 8.04. The van der Waals surface area contributed by atoms with Crippen molar-refractivity contribution in [2.45, 2.75) is 39.0 Å². The summed E-state index contributed by atoms with van der Waals surface area (Å²) in [5.41, 5.74) is 2.87.